The van der Waals surface area contributed by atoms with Crippen LogP contribution in [-0.2, 0) is 4.57 Å². The summed E-state index contributed by atoms with van der Waals surface area (Å²) in [5.74, 6) is -0.753. The molecular formula is C29H28NO2P. The highest BCUT2D eigenvalue weighted by atomic mass is 31.2. The molecule has 0 saturated heterocycles. The number of carbonyl (C=O) groups is 1. The molecule has 4 aromatic carbocycles. The number of nitrogens with zero attached hydrogens (tertiary/aromatic N) is 1. The number of hydrogen-bond donors (Lipinski definition) is 0. The van der Waals surface area contributed by atoms with E-state index in [9.17, 15) is 4.79 Å². The van der Waals surface area contributed by atoms with Crippen LogP contribution in [0, 0.1) is 6.92 Å². The smallest absolute Gasteiger partial charge is 0.255 e. The van der Waals surface area contributed by atoms with Gasteiger partial charge < -0.3 is 9.46 Å². The summed E-state index contributed by atoms with van der Waals surface area (Å²) in [5.41, 5.74) is 2.40. The third-order valence-electron chi connectivity index (χ3n) is 5.99. The van der Waals surface area contributed by atoms with Gasteiger partial charge in [0.15, 0.2) is 7.14 Å². The van der Waals surface area contributed by atoms with Gasteiger partial charge in [-0.1, -0.05) is 109 Å². The topological polar surface area (TPSA) is 37.4 Å². The van der Waals surface area contributed by atoms with Crippen molar-refractivity contribution in [3.05, 3.63) is 132 Å². The summed E-state index contributed by atoms with van der Waals surface area (Å²) in [5, 5.41) is 1.47. The van der Waals surface area contributed by atoms with Crippen molar-refractivity contribution in [1.29, 1.82) is 0 Å². The molecule has 1 atom stereocenters. The summed E-state index contributed by atoms with van der Waals surface area (Å²) in [7, 11) is -3.31. The first-order chi connectivity index (χ1) is 16.1. The predicted molar refractivity (Wildman–Crippen MR) is 137 cm³/mol. The Bertz CT molecular complexity index is 1210. The average Bonchev–Trinajstić information content (AvgIpc) is 2.88. The predicted octanol–water partition coefficient (Wildman–Crippen LogP) is 6.17. The minimum atomic E-state index is -3.31. The molecule has 4 aromatic rings. The van der Waals surface area contributed by atoms with Gasteiger partial charge in [0.1, 0.15) is 5.78 Å². The number of carbonyl (C=O) groups excluding carboxylic acids is 1. The van der Waals surface area contributed by atoms with E-state index in [0.717, 1.165) is 21.7 Å². The fourth-order valence-electron chi connectivity index (χ4n) is 4.34. The van der Waals surface area contributed by atoms with Crippen LogP contribution >= 0.6 is 7.14 Å². The third-order valence-corrected chi connectivity index (χ3v) is 9.39. The van der Waals surface area contributed by atoms with Gasteiger partial charge in [0.25, 0.3) is 5.91 Å². The first-order valence-corrected chi connectivity index (χ1v) is 13.0. The van der Waals surface area contributed by atoms with Gasteiger partial charge in [0, 0.05) is 22.7 Å². The van der Waals surface area contributed by atoms with E-state index >= 15 is 4.57 Å². The van der Waals surface area contributed by atoms with Crippen molar-refractivity contribution >= 4 is 23.7 Å². The van der Waals surface area contributed by atoms with E-state index in [4.69, 9.17) is 0 Å². The SMILES string of the molecule is CCN(C(=O)c1ccccc1C)C(c1ccccc1)P(=O)(c1ccccc1)c1ccccc1. The van der Waals surface area contributed by atoms with E-state index in [2.05, 4.69) is 0 Å². The fraction of sp³-hybridized carbons (Fsp3) is 0.138. The second-order valence-corrected chi connectivity index (χ2v) is 10.9. The second kappa shape index (κ2) is 10.0. The zero-order chi connectivity index (χ0) is 23.3. The van der Waals surface area contributed by atoms with Crippen LogP contribution in [0.4, 0.5) is 0 Å². The van der Waals surface area contributed by atoms with Gasteiger partial charge >= 0.3 is 0 Å². The van der Waals surface area contributed by atoms with Crippen molar-refractivity contribution in [3.63, 3.8) is 0 Å². The van der Waals surface area contributed by atoms with Gasteiger partial charge in [-0.2, -0.15) is 0 Å². The average molecular weight is 454 g/mol. The van der Waals surface area contributed by atoms with Crippen molar-refractivity contribution in [2.75, 3.05) is 6.54 Å². The molecule has 3 nitrogen and oxygen atoms in total. The number of rotatable bonds is 7. The zero-order valence-corrected chi connectivity index (χ0v) is 19.9. The van der Waals surface area contributed by atoms with E-state index < -0.39 is 12.9 Å². The van der Waals surface area contributed by atoms with Crippen molar-refractivity contribution in [1.82, 2.24) is 4.90 Å². The molecular weight excluding hydrogens is 425 g/mol. The molecule has 0 aliphatic carbocycles. The van der Waals surface area contributed by atoms with Gasteiger partial charge in [-0.25, -0.2) is 0 Å². The number of benzene rings is 4. The molecule has 4 rings (SSSR count). The molecule has 0 aliphatic heterocycles. The van der Waals surface area contributed by atoms with Crippen LogP contribution in [0.5, 0.6) is 0 Å². The second-order valence-electron chi connectivity index (χ2n) is 8.02. The van der Waals surface area contributed by atoms with Crippen LogP contribution in [0.3, 0.4) is 0 Å². The molecule has 4 heteroatoms. The fourth-order valence-corrected chi connectivity index (χ4v) is 7.68. The highest BCUT2D eigenvalue weighted by Crippen LogP contribution is 2.58. The Kier molecular flexibility index (Phi) is 6.91. The van der Waals surface area contributed by atoms with Crippen molar-refractivity contribution in [2.45, 2.75) is 19.6 Å². The van der Waals surface area contributed by atoms with E-state index in [-0.39, 0.29) is 5.91 Å². The maximum absolute atomic E-state index is 15.3. The van der Waals surface area contributed by atoms with Gasteiger partial charge in [0.05, 0.1) is 0 Å². The van der Waals surface area contributed by atoms with Crippen LogP contribution in [-0.4, -0.2) is 17.4 Å². The Hall–Kier alpha value is -3.42. The summed E-state index contributed by atoms with van der Waals surface area (Å²) in [6, 6.07) is 36.5. The highest BCUT2D eigenvalue weighted by molar-refractivity contribution is 7.79. The van der Waals surface area contributed by atoms with Crippen LogP contribution < -0.4 is 10.6 Å². The van der Waals surface area contributed by atoms with Crippen molar-refractivity contribution < 1.29 is 9.36 Å². The quantitative estimate of drug-likeness (QED) is 0.314. The molecule has 0 saturated carbocycles. The van der Waals surface area contributed by atoms with Gasteiger partial charge in [-0.15, -0.1) is 0 Å². The Morgan fingerprint density at radius 3 is 1.67 bits per heavy atom. The third kappa shape index (κ3) is 4.42. The Morgan fingerprint density at radius 2 is 1.18 bits per heavy atom. The van der Waals surface area contributed by atoms with Gasteiger partial charge in [-0.05, 0) is 31.0 Å². The van der Waals surface area contributed by atoms with Crippen molar-refractivity contribution in [3.8, 4) is 0 Å². The lowest BCUT2D eigenvalue weighted by atomic mass is 10.1. The monoisotopic (exact) mass is 453 g/mol. The molecule has 1 unspecified atom stereocenters. The normalized spacial score (nSPS) is 12.2. The molecule has 0 radical (unpaired) electrons. The molecule has 1 amide bonds. The number of hydrogen-bond acceptors (Lipinski definition) is 2. The molecule has 0 N–H and O–H groups in total. The lowest BCUT2D eigenvalue weighted by molar-refractivity contribution is 0.0740. The summed E-state index contributed by atoms with van der Waals surface area (Å²) in [4.78, 5) is 15.7. The van der Waals surface area contributed by atoms with Gasteiger partial charge in [0.2, 0.25) is 0 Å². The Morgan fingerprint density at radius 1 is 0.727 bits per heavy atom. The lowest BCUT2D eigenvalue weighted by Crippen LogP contribution is -2.39. The molecule has 0 bridgehead atoms. The summed E-state index contributed by atoms with van der Waals surface area (Å²) >= 11 is 0. The van der Waals surface area contributed by atoms with Crippen LogP contribution in [0.15, 0.2) is 115 Å². The first-order valence-electron chi connectivity index (χ1n) is 11.2. The van der Waals surface area contributed by atoms with E-state index in [1.807, 2.05) is 129 Å². The minimum absolute atomic E-state index is 0.114. The summed E-state index contributed by atoms with van der Waals surface area (Å²) in [6.45, 7) is 4.31. The van der Waals surface area contributed by atoms with Gasteiger partial charge in [-0.3, -0.25) is 4.79 Å². The molecule has 0 fully saturated rings. The van der Waals surface area contributed by atoms with E-state index in [1.165, 1.54) is 0 Å². The Balaban J connectivity index is 1.99. The van der Waals surface area contributed by atoms with E-state index in [1.54, 1.807) is 4.90 Å². The van der Waals surface area contributed by atoms with Crippen molar-refractivity contribution in [2.24, 2.45) is 0 Å². The van der Waals surface area contributed by atoms with Crippen LogP contribution in [0.25, 0.3) is 0 Å². The van der Waals surface area contributed by atoms with Crippen LogP contribution in [0.1, 0.15) is 34.2 Å². The lowest BCUT2D eigenvalue weighted by Gasteiger charge is -2.38. The largest absolute Gasteiger partial charge is 0.324 e. The number of aryl methyl sites for hydroxylation is 1. The summed E-state index contributed by atoms with van der Waals surface area (Å²) in [6.07, 6.45) is 0. The molecule has 33 heavy (non-hydrogen) atoms. The molecule has 0 aromatic heterocycles. The Labute approximate surface area is 196 Å². The maximum Gasteiger partial charge on any atom is 0.255 e. The number of amides is 1. The molecule has 0 aliphatic rings. The molecule has 166 valence electrons. The standard InChI is InChI=1S/C29H28NO2P/c1-3-30(28(31)27-22-14-13-15-23(27)2)29(24-16-7-4-8-17-24)33(32,25-18-9-5-10-19-25)26-20-11-6-12-21-26/h4-22,29H,3H2,1-2H3. The first kappa shape index (κ1) is 22.8. The van der Waals surface area contributed by atoms with E-state index in [0.29, 0.717) is 12.1 Å². The molecule has 0 spiro atoms. The maximum atomic E-state index is 15.3. The highest BCUT2D eigenvalue weighted by Gasteiger charge is 2.43. The van der Waals surface area contributed by atoms with Crippen LogP contribution in [0.2, 0.25) is 0 Å². The zero-order valence-electron chi connectivity index (χ0n) is 19.0. The summed E-state index contributed by atoms with van der Waals surface area (Å²) < 4.78 is 15.3. The minimum Gasteiger partial charge on any atom is -0.324 e. The molecule has 0 heterocycles.